The molecule has 0 bridgehead atoms. The van der Waals surface area contributed by atoms with Crippen molar-refractivity contribution >= 4 is 11.6 Å². The number of anilines is 1. The van der Waals surface area contributed by atoms with Crippen LogP contribution in [0.5, 0.6) is 0 Å². The third-order valence-electron chi connectivity index (χ3n) is 5.92. The second kappa shape index (κ2) is 7.23. The number of nitrogens with one attached hydrogen (secondary N) is 1. The van der Waals surface area contributed by atoms with Crippen LogP contribution in [0.25, 0.3) is 11.4 Å². The van der Waals surface area contributed by atoms with E-state index in [0.29, 0.717) is 23.2 Å². The highest BCUT2D eigenvalue weighted by Crippen LogP contribution is 2.36. The molecule has 2 aliphatic carbocycles. The van der Waals surface area contributed by atoms with E-state index in [1.54, 1.807) is 0 Å². The number of rotatable bonds is 4. The maximum atomic E-state index is 12.9. The Balaban J connectivity index is 1.37. The van der Waals surface area contributed by atoms with Crippen LogP contribution in [0.1, 0.15) is 65.4 Å². The molecule has 1 heterocycles. The first-order valence-electron chi connectivity index (χ1n) is 10.1. The van der Waals surface area contributed by atoms with E-state index in [0.717, 1.165) is 36.9 Å². The average Bonchev–Trinajstić information content (AvgIpc) is 3.16. The summed E-state index contributed by atoms with van der Waals surface area (Å²) in [5.41, 5.74) is 4.96. The average molecular weight is 373 g/mol. The van der Waals surface area contributed by atoms with E-state index < -0.39 is 0 Å². The molecule has 0 unspecified atom stereocenters. The number of aryl methyl sites for hydroxylation is 1. The van der Waals surface area contributed by atoms with Gasteiger partial charge in [-0.25, -0.2) is 0 Å². The number of nitrogens with zero attached hydrogens (tertiary/aromatic N) is 2. The lowest BCUT2D eigenvalue weighted by Crippen LogP contribution is -2.15. The van der Waals surface area contributed by atoms with Gasteiger partial charge in [-0.3, -0.25) is 4.79 Å². The van der Waals surface area contributed by atoms with Gasteiger partial charge in [0.1, 0.15) is 0 Å². The zero-order valence-corrected chi connectivity index (χ0v) is 15.8. The van der Waals surface area contributed by atoms with Crippen LogP contribution in [0.2, 0.25) is 0 Å². The van der Waals surface area contributed by atoms with Crippen molar-refractivity contribution in [3.8, 4) is 11.4 Å². The summed E-state index contributed by atoms with van der Waals surface area (Å²) in [6, 6.07) is 13.6. The van der Waals surface area contributed by atoms with E-state index in [-0.39, 0.29) is 5.91 Å². The predicted molar refractivity (Wildman–Crippen MR) is 107 cm³/mol. The molecule has 2 aromatic carbocycles. The van der Waals surface area contributed by atoms with Gasteiger partial charge in [0, 0.05) is 22.7 Å². The zero-order valence-electron chi connectivity index (χ0n) is 15.8. The summed E-state index contributed by atoms with van der Waals surface area (Å²) >= 11 is 0. The number of benzene rings is 2. The molecule has 0 saturated heterocycles. The molecule has 0 radical (unpaired) electrons. The molecule has 1 N–H and O–H groups in total. The first-order valence-corrected chi connectivity index (χ1v) is 10.1. The minimum absolute atomic E-state index is 0.108. The molecular weight excluding hydrogens is 350 g/mol. The lowest BCUT2D eigenvalue weighted by atomic mass is 9.85. The molecule has 1 saturated carbocycles. The van der Waals surface area contributed by atoms with E-state index in [2.05, 4.69) is 21.5 Å². The van der Waals surface area contributed by atoms with E-state index in [9.17, 15) is 4.79 Å². The molecule has 5 nitrogen and oxygen atoms in total. The van der Waals surface area contributed by atoms with Crippen LogP contribution in [0, 0.1) is 0 Å². The Morgan fingerprint density at radius 2 is 1.89 bits per heavy atom. The van der Waals surface area contributed by atoms with Crippen LogP contribution < -0.4 is 5.32 Å². The number of hydrogen-bond acceptors (Lipinski definition) is 4. The van der Waals surface area contributed by atoms with Crippen molar-refractivity contribution in [1.82, 2.24) is 10.1 Å². The number of hydrogen-bond donors (Lipinski definition) is 1. The summed E-state index contributed by atoms with van der Waals surface area (Å²) in [6.45, 7) is 0. The molecule has 28 heavy (non-hydrogen) atoms. The second-order valence-corrected chi connectivity index (χ2v) is 7.77. The third-order valence-corrected chi connectivity index (χ3v) is 5.92. The van der Waals surface area contributed by atoms with Crippen molar-refractivity contribution in [3.63, 3.8) is 0 Å². The van der Waals surface area contributed by atoms with Crippen molar-refractivity contribution in [2.75, 3.05) is 5.32 Å². The molecule has 0 spiro atoms. The Labute approximate surface area is 164 Å². The SMILES string of the molecule is O=C(Nc1cccc2c1CCCC2)c1cccc(-c2noc(C3CCC3)n2)c1. The number of carbonyl (C=O) groups excluding carboxylic acids is 1. The van der Waals surface area contributed by atoms with Crippen molar-refractivity contribution < 1.29 is 9.32 Å². The van der Waals surface area contributed by atoms with Crippen molar-refractivity contribution in [1.29, 1.82) is 0 Å². The minimum atomic E-state index is -0.108. The summed E-state index contributed by atoms with van der Waals surface area (Å²) in [7, 11) is 0. The fraction of sp³-hybridized carbons (Fsp3) is 0.348. The van der Waals surface area contributed by atoms with Crippen LogP contribution >= 0.6 is 0 Å². The minimum Gasteiger partial charge on any atom is -0.339 e. The number of aromatic nitrogens is 2. The topological polar surface area (TPSA) is 68.0 Å². The molecule has 2 aliphatic rings. The van der Waals surface area contributed by atoms with Gasteiger partial charge in [0.25, 0.3) is 5.91 Å². The van der Waals surface area contributed by atoms with Gasteiger partial charge in [0.15, 0.2) is 0 Å². The molecule has 0 atom stereocenters. The summed E-state index contributed by atoms with van der Waals surface area (Å²) in [6.07, 6.45) is 7.98. The maximum Gasteiger partial charge on any atom is 0.255 e. The normalized spacial score (nSPS) is 16.3. The third kappa shape index (κ3) is 3.21. The first kappa shape index (κ1) is 17.2. The Morgan fingerprint density at radius 3 is 2.75 bits per heavy atom. The highest BCUT2D eigenvalue weighted by atomic mass is 16.5. The first-order chi connectivity index (χ1) is 13.8. The lowest BCUT2D eigenvalue weighted by molar-refractivity contribution is 0.102. The maximum absolute atomic E-state index is 12.9. The smallest absolute Gasteiger partial charge is 0.255 e. The van der Waals surface area contributed by atoms with Crippen LogP contribution in [-0.4, -0.2) is 16.0 Å². The lowest BCUT2D eigenvalue weighted by Gasteiger charge is -2.20. The quantitative estimate of drug-likeness (QED) is 0.688. The zero-order chi connectivity index (χ0) is 18.9. The van der Waals surface area contributed by atoms with E-state index in [1.165, 1.54) is 30.4 Å². The molecule has 3 aromatic rings. The second-order valence-electron chi connectivity index (χ2n) is 7.77. The summed E-state index contributed by atoms with van der Waals surface area (Å²) < 4.78 is 5.42. The monoisotopic (exact) mass is 373 g/mol. The Hall–Kier alpha value is -2.95. The van der Waals surface area contributed by atoms with Gasteiger partial charge in [0.05, 0.1) is 0 Å². The molecule has 5 heteroatoms. The van der Waals surface area contributed by atoms with E-state index in [1.807, 2.05) is 36.4 Å². The van der Waals surface area contributed by atoms with Gasteiger partial charge in [-0.1, -0.05) is 35.8 Å². The molecule has 1 aromatic heterocycles. The van der Waals surface area contributed by atoms with Gasteiger partial charge in [-0.15, -0.1) is 0 Å². The molecule has 0 aliphatic heterocycles. The van der Waals surface area contributed by atoms with Gasteiger partial charge < -0.3 is 9.84 Å². The van der Waals surface area contributed by atoms with Gasteiger partial charge >= 0.3 is 0 Å². The van der Waals surface area contributed by atoms with Crippen LogP contribution in [0.15, 0.2) is 47.0 Å². The molecule has 1 amide bonds. The van der Waals surface area contributed by atoms with Crippen LogP contribution in [0.3, 0.4) is 0 Å². The number of amides is 1. The Kier molecular flexibility index (Phi) is 4.43. The van der Waals surface area contributed by atoms with E-state index in [4.69, 9.17) is 4.52 Å². The standard InChI is InChI=1S/C23H23N3O2/c27-22(24-20-13-5-7-15-6-1-2-12-19(15)20)18-11-4-10-17(14-18)21-25-23(28-26-21)16-8-3-9-16/h4-5,7,10-11,13-14,16H,1-3,6,8-9,12H2,(H,24,27). The van der Waals surface area contributed by atoms with Gasteiger partial charge in [-0.2, -0.15) is 4.98 Å². The largest absolute Gasteiger partial charge is 0.339 e. The van der Waals surface area contributed by atoms with Crippen molar-refractivity contribution in [2.45, 2.75) is 50.9 Å². The van der Waals surface area contributed by atoms with Gasteiger partial charge in [-0.05, 0) is 67.9 Å². The Morgan fingerprint density at radius 1 is 1.04 bits per heavy atom. The summed E-state index contributed by atoms with van der Waals surface area (Å²) in [5.74, 6) is 1.56. The fourth-order valence-corrected chi connectivity index (χ4v) is 4.07. The van der Waals surface area contributed by atoms with Crippen LogP contribution in [0.4, 0.5) is 5.69 Å². The Bertz CT molecular complexity index is 1020. The number of carbonyl (C=O) groups is 1. The molecule has 142 valence electrons. The predicted octanol–water partition coefficient (Wildman–Crippen LogP) is 5.14. The highest BCUT2D eigenvalue weighted by molar-refractivity contribution is 6.05. The van der Waals surface area contributed by atoms with Crippen molar-refractivity contribution in [2.24, 2.45) is 0 Å². The van der Waals surface area contributed by atoms with Crippen LogP contribution in [-0.2, 0) is 12.8 Å². The van der Waals surface area contributed by atoms with Crippen molar-refractivity contribution in [3.05, 3.63) is 65.0 Å². The summed E-state index contributed by atoms with van der Waals surface area (Å²) in [5, 5.41) is 7.22. The molecule has 5 rings (SSSR count). The van der Waals surface area contributed by atoms with E-state index >= 15 is 0 Å². The molecule has 1 fully saturated rings. The highest BCUT2D eigenvalue weighted by Gasteiger charge is 2.25. The fourth-order valence-electron chi connectivity index (χ4n) is 4.07. The van der Waals surface area contributed by atoms with Gasteiger partial charge in [0.2, 0.25) is 11.7 Å². The molecular formula is C23H23N3O2. The summed E-state index contributed by atoms with van der Waals surface area (Å²) in [4.78, 5) is 17.4. The number of fused-ring (bicyclic) bond motifs is 1.